The fourth-order valence-corrected chi connectivity index (χ4v) is 6.65. The van der Waals surface area contributed by atoms with Crippen molar-refractivity contribution in [1.82, 2.24) is 74.1 Å². The molecule has 10 rings (SSSR count). The summed E-state index contributed by atoms with van der Waals surface area (Å²) in [5.74, 6) is 1.69. The number of aryl methyl sites for hydroxylation is 3. The van der Waals surface area contributed by atoms with Crippen molar-refractivity contribution in [2.75, 3.05) is 0 Å². The molecule has 54 heavy (non-hydrogen) atoms. The van der Waals surface area contributed by atoms with E-state index in [4.69, 9.17) is 29.4 Å². The predicted molar refractivity (Wildman–Crippen MR) is 197 cm³/mol. The molecule has 10 aromatic rings. The number of rotatable bonds is 9. The molecule has 0 saturated carbocycles. The lowest BCUT2D eigenvalue weighted by atomic mass is 10.0. The van der Waals surface area contributed by atoms with Crippen LogP contribution in [0.5, 0.6) is 12.0 Å². The Morgan fingerprint density at radius 2 is 1.15 bits per heavy atom. The summed E-state index contributed by atoms with van der Waals surface area (Å²) in [4.78, 5) is 19.3. The first-order chi connectivity index (χ1) is 26.5. The molecule has 0 fully saturated rings. The van der Waals surface area contributed by atoms with Crippen LogP contribution in [0.25, 0.3) is 67.0 Å². The van der Waals surface area contributed by atoms with E-state index in [2.05, 4.69) is 37.1 Å². The van der Waals surface area contributed by atoms with E-state index < -0.39 is 0 Å². The fraction of sp³-hybridized carbons (Fsp3) is 0.135. The number of fused-ring (bicyclic) bond motifs is 4. The van der Waals surface area contributed by atoms with Gasteiger partial charge in [-0.2, -0.15) is 9.97 Å². The number of ether oxygens (including phenoxy) is 2. The van der Waals surface area contributed by atoms with Crippen molar-refractivity contribution in [3.05, 3.63) is 109 Å². The summed E-state index contributed by atoms with van der Waals surface area (Å²) < 4.78 is 21.4. The monoisotopic (exact) mass is 715 g/mol. The molecule has 0 atom stereocenters. The average molecular weight is 716 g/mol. The first-order valence-corrected chi connectivity index (χ1v) is 17.0. The Kier molecular flexibility index (Phi) is 7.10. The Balaban J connectivity index is 0.960. The van der Waals surface area contributed by atoms with E-state index in [1.54, 1.807) is 28.0 Å². The van der Waals surface area contributed by atoms with Crippen molar-refractivity contribution in [3.8, 4) is 35.0 Å². The Labute approximate surface area is 305 Å². The summed E-state index contributed by atoms with van der Waals surface area (Å²) in [5.41, 5.74) is 8.53. The SMILES string of the molecule is Cn1nnnc1-n1c(OCc2ccc3ccccc3n2)nc2cc(-c3ccc4nc(COc5nc6ccccc6n5-c5nnnn5C)n(C)c4c3)ccc21. The minimum absolute atomic E-state index is 0.174. The van der Waals surface area contributed by atoms with Crippen LogP contribution in [-0.2, 0) is 34.4 Å². The maximum absolute atomic E-state index is 6.30. The van der Waals surface area contributed by atoms with Crippen molar-refractivity contribution in [3.63, 3.8) is 0 Å². The number of pyridine rings is 1. The van der Waals surface area contributed by atoms with E-state index in [-0.39, 0.29) is 13.2 Å². The summed E-state index contributed by atoms with van der Waals surface area (Å²) in [5, 5.41) is 25.2. The van der Waals surface area contributed by atoms with Gasteiger partial charge in [0.2, 0.25) is 0 Å². The molecule has 0 amide bonds. The molecule has 17 heteroatoms. The second kappa shape index (κ2) is 12.3. The zero-order valence-electron chi connectivity index (χ0n) is 29.2. The lowest BCUT2D eigenvalue weighted by Gasteiger charge is -2.09. The number of hydrogen-bond acceptors (Lipinski definition) is 12. The van der Waals surface area contributed by atoms with Gasteiger partial charge < -0.3 is 14.0 Å². The molecule has 0 N–H and O–H groups in total. The van der Waals surface area contributed by atoms with Crippen LogP contribution in [-0.4, -0.2) is 74.1 Å². The number of aromatic nitrogens is 15. The van der Waals surface area contributed by atoms with Crippen LogP contribution in [0.3, 0.4) is 0 Å². The van der Waals surface area contributed by atoms with E-state index in [0.29, 0.717) is 23.9 Å². The van der Waals surface area contributed by atoms with Gasteiger partial charge in [0.25, 0.3) is 11.9 Å². The Bertz CT molecular complexity index is 3020. The van der Waals surface area contributed by atoms with Gasteiger partial charge in [0.05, 0.1) is 44.3 Å². The summed E-state index contributed by atoms with van der Waals surface area (Å²) in [6.45, 7) is 0.387. The summed E-state index contributed by atoms with van der Waals surface area (Å²) >= 11 is 0. The minimum atomic E-state index is 0.174. The summed E-state index contributed by atoms with van der Waals surface area (Å²) in [7, 11) is 5.52. The molecular formula is C37H29N15O2. The number of nitrogens with zero attached hydrogens (tertiary/aromatic N) is 15. The highest BCUT2D eigenvalue weighted by Crippen LogP contribution is 2.32. The van der Waals surface area contributed by atoms with E-state index in [9.17, 15) is 0 Å². The fourth-order valence-electron chi connectivity index (χ4n) is 6.65. The van der Waals surface area contributed by atoms with E-state index >= 15 is 0 Å². The molecule has 6 aromatic heterocycles. The number of imidazole rings is 3. The Morgan fingerprint density at radius 1 is 0.519 bits per heavy atom. The van der Waals surface area contributed by atoms with Crippen molar-refractivity contribution >= 4 is 44.0 Å². The van der Waals surface area contributed by atoms with Crippen LogP contribution in [0.15, 0.2) is 97.1 Å². The molecule has 0 saturated heterocycles. The molecule has 0 spiro atoms. The van der Waals surface area contributed by atoms with Crippen molar-refractivity contribution in [2.45, 2.75) is 13.2 Å². The first-order valence-electron chi connectivity index (χ1n) is 17.0. The van der Waals surface area contributed by atoms with Gasteiger partial charge in [-0.05, 0) is 80.5 Å². The molecule has 0 unspecified atom stereocenters. The quantitative estimate of drug-likeness (QED) is 0.203. The van der Waals surface area contributed by atoms with Gasteiger partial charge in [-0.1, -0.05) is 58.7 Å². The van der Waals surface area contributed by atoms with Crippen molar-refractivity contribution in [1.29, 1.82) is 0 Å². The summed E-state index contributed by atoms with van der Waals surface area (Å²) in [6, 6.07) is 32.7. The van der Waals surface area contributed by atoms with E-state index in [0.717, 1.165) is 66.6 Å². The number of tetrazole rings is 2. The highest BCUT2D eigenvalue weighted by Gasteiger charge is 2.21. The van der Waals surface area contributed by atoms with Crippen LogP contribution in [0.2, 0.25) is 0 Å². The molecule has 17 nitrogen and oxygen atoms in total. The standard InChI is InChI=1S/C37H29N15O2/c1-48-32-19-24(13-16-28(32)39-33(48)21-54-36-40-27-10-6-7-11-30(27)51(36)34-42-44-46-49(34)2)23-14-17-31-29(18-23)41-37(52(31)35-43-45-47-50(35)3)53-20-25-15-12-22-8-4-5-9-26(22)38-25/h4-19H,20-21H2,1-3H3. The largest absolute Gasteiger partial charge is 0.458 e. The van der Waals surface area contributed by atoms with Crippen LogP contribution in [0.4, 0.5) is 0 Å². The number of hydrogen-bond donors (Lipinski definition) is 0. The van der Waals surface area contributed by atoms with Gasteiger partial charge in [-0.15, -0.1) is 0 Å². The molecule has 6 heterocycles. The van der Waals surface area contributed by atoms with Crippen LogP contribution >= 0.6 is 0 Å². The highest BCUT2D eigenvalue weighted by atomic mass is 16.5. The smallest absolute Gasteiger partial charge is 0.305 e. The van der Waals surface area contributed by atoms with Crippen molar-refractivity contribution < 1.29 is 9.47 Å². The molecule has 0 bridgehead atoms. The topological polar surface area (TPSA) is 172 Å². The zero-order valence-corrected chi connectivity index (χ0v) is 29.2. The number of para-hydroxylation sites is 3. The Morgan fingerprint density at radius 3 is 1.91 bits per heavy atom. The third kappa shape index (κ3) is 5.16. The molecule has 0 aliphatic rings. The van der Waals surface area contributed by atoms with Gasteiger partial charge in [0.15, 0.2) is 0 Å². The van der Waals surface area contributed by atoms with Gasteiger partial charge >= 0.3 is 12.0 Å². The van der Waals surface area contributed by atoms with Gasteiger partial charge in [0.1, 0.15) is 19.0 Å². The summed E-state index contributed by atoms with van der Waals surface area (Å²) in [6.07, 6.45) is 0. The van der Waals surface area contributed by atoms with Gasteiger partial charge in [-0.25, -0.2) is 28.5 Å². The lowest BCUT2D eigenvalue weighted by Crippen LogP contribution is -2.10. The molecule has 0 aliphatic heterocycles. The van der Waals surface area contributed by atoms with Gasteiger partial charge in [-0.3, -0.25) is 0 Å². The Hall–Kier alpha value is -7.56. The van der Waals surface area contributed by atoms with Crippen LogP contribution in [0, 0.1) is 0 Å². The first kappa shape index (κ1) is 31.2. The highest BCUT2D eigenvalue weighted by molar-refractivity contribution is 5.88. The maximum Gasteiger partial charge on any atom is 0.305 e. The van der Waals surface area contributed by atoms with E-state index in [1.165, 1.54) is 0 Å². The van der Waals surface area contributed by atoms with Crippen LogP contribution in [0.1, 0.15) is 11.5 Å². The van der Waals surface area contributed by atoms with Gasteiger partial charge in [0, 0.05) is 26.5 Å². The maximum atomic E-state index is 6.30. The molecular weight excluding hydrogens is 687 g/mol. The second-order valence-corrected chi connectivity index (χ2v) is 12.7. The van der Waals surface area contributed by atoms with Crippen molar-refractivity contribution in [2.24, 2.45) is 21.1 Å². The third-order valence-corrected chi connectivity index (χ3v) is 9.39. The normalized spacial score (nSPS) is 11.8. The predicted octanol–water partition coefficient (Wildman–Crippen LogP) is 4.67. The molecule has 0 radical (unpaired) electrons. The minimum Gasteiger partial charge on any atom is -0.458 e. The molecule has 264 valence electrons. The third-order valence-electron chi connectivity index (χ3n) is 9.39. The number of benzene rings is 4. The second-order valence-electron chi connectivity index (χ2n) is 12.7. The van der Waals surface area contributed by atoms with Crippen LogP contribution < -0.4 is 9.47 Å². The zero-order chi connectivity index (χ0) is 36.3. The van der Waals surface area contributed by atoms with E-state index in [1.807, 2.05) is 107 Å². The molecule has 4 aromatic carbocycles. The average Bonchev–Trinajstić information content (AvgIpc) is 4.03. The lowest BCUT2D eigenvalue weighted by molar-refractivity contribution is 0.264. The molecule has 0 aliphatic carbocycles.